The quantitative estimate of drug-likeness (QED) is 0.463. The van der Waals surface area contributed by atoms with E-state index in [9.17, 15) is 0 Å². The number of aromatic nitrogens is 3. The standard InChI is InChI=1S/C24H34N6S2/c1-3-13-28-14-16-29(17-15-28)24-27-30-22(25-19-7-5-4-6-8-19)21(26-23(30)32-24)18-9-11-20(31-2)12-10-18/h9-12,19,25H,3-8,13-17H2,1-2H3. The summed E-state index contributed by atoms with van der Waals surface area (Å²) in [5.74, 6) is 1.07. The van der Waals surface area contributed by atoms with E-state index in [4.69, 9.17) is 10.1 Å². The molecular weight excluding hydrogens is 436 g/mol. The number of hydrogen-bond acceptors (Lipinski definition) is 7. The molecule has 8 heteroatoms. The number of fused-ring (bicyclic) bond motifs is 1. The molecule has 0 amide bonds. The van der Waals surface area contributed by atoms with Crippen molar-refractivity contribution in [3.8, 4) is 11.3 Å². The van der Waals surface area contributed by atoms with Crippen molar-refractivity contribution in [3.05, 3.63) is 24.3 Å². The third-order valence-electron chi connectivity index (χ3n) is 6.68. The van der Waals surface area contributed by atoms with Crippen molar-refractivity contribution in [2.75, 3.05) is 49.2 Å². The first kappa shape index (κ1) is 22.0. The minimum Gasteiger partial charge on any atom is -0.365 e. The van der Waals surface area contributed by atoms with Gasteiger partial charge in [-0.3, -0.25) is 4.90 Å². The number of rotatable bonds is 7. The SMILES string of the molecule is CCCN1CCN(c2nn3c(NC4CCCCC4)c(-c4ccc(SC)cc4)nc3s2)CC1. The smallest absolute Gasteiger partial charge is 0.216 e. The number of anilines is 2. The Morgan fingerprint density at radius 3 is 2.50 bits per heavy atom. The van der Waals surface area contributed by atoms with Gasteiger partial charge < -0.3 is 10.2 Å². The van der Waals surface area contributed by atoms with Gasteiger partial charge in [-0.25, -0.2) is 4.98 Å². The topological polar surface area (TPSA) is 48.7 Å². The zero-order valence-corrected chi connectivity index (χ0v) is 20.9. The molecule has 6 nitrogen and oxygen atoms in total. The first-order valence-electron chi connectivity index (χ1n) is 12.0. The Morgan fingerprint density at radius 2 is 1.81 bits per heavy atom. The minimum absolute atomic E-state index is 0.510. The van der Waals surface area contributed by atoms with E-state index in [2.05, 4.69) is 57.1 Å². The highest BCUT2D eigenvalue weighted by Gasteiger charge is 2.25. The maximum atomic E-state index is 5.08. The molecule has 5 rings (SSSR count). The minimum atomic E-state index is 0.510. The third kappa shape index (κ3) is 4.63. The van der Waals surface area contributed by atoms with Crippen LogP contribution < -0.4 is 10.2 Å². The summed E-state index contributed by atoms with van der Waals surface area (Å²) < 4.78 is 2.07. The monoisotopic (exact) mass is 470 g/mol. The summed E-state index contributed by atoms with van der Waals surface area (Å²) in [6, 6.07) is 9.27. The fourth-order valence-electron chi connectivity index (χ4n) is 4.87. The molecule has 0 atom stereocenters. The summed E-state index contributed by atoms with van der Waals surface area (Å²) >= 11 is 3.49. The molecule has 1 aliphatic heterocycles. The van der Waals surface area contributed by atoms with Crippen molar-refractivity contribution < 1.29 is 0 Å². The highest BCUT2D eigenvalue weighted by molar-refractivity contribution is 7.98. The number of thioether (sulfide) groups is 1. The van der Waals surface area contributed by atoms with Crippen molar-refractivity contribution in [2.24, 2.45) is 0 Å². The van der Waals surface area contributed by atoms with Gasteiger partial charge in [0.25, 0.3) is 0 Å². The molecule has 0 unspecified atom stereocenters. The van der Waals surface area contributed by atoms with Crippen molar-refractivity contribution >= 4 is 39.0 Å². The predicted molar refractivity (Wildman–Crippen MR) is 138 cm³/mol. The second-order valence-electron chi connectivity index (χ2n) is 8.92. The van der Waals surface area contributed by atoms with Gasteiger partial charge >= 0.3 is 0 Å². The summed E-state index contributed by atoms with van der Waals surface area (Å²) in [6.07, 6.45) is 9.77. The van der Waals surface area contributed by atoms with Crippen LogP contribution in [0.2, 0.25) is 0 Å². The number of imidazole rings is 1. The van der Waals surface area contributed by atoms with E-state index in [1.807, 2.05) is 0 Å². The fraction of sp³-hybridized carbons (Fsp3) is 0.583. The molecule has 1 aliphatic carbocycles. The Balaban J connectivity index is 1.45. The lowest BCUT2D eigenvalue weighted by molar-refractivity contribution is 0.258. The maximum Gasteiger partial charge on any atom is 0.216 e. The van der Waals surface area contributed by atoms with E-state index in [0.717, 1.165) is 53.3 Å². The van der Waals surface area contributed by atoms with Gasteiger partial charge in [0.2, 0.25) is 10.1 Å². The lowest BCUT2D eigenvalue weighted by Crippen LogP contribution is -2.46. The molecule has 32 heavy (non-hydrogen) atoms. The summed E-state index contributed by atoms with van der Waals surface area (Å²) in [4.78, 5) is 12.3. The highest BCUT2D eigenvalue weighted by Crippen LogP contribution is 2.35. The van der Waals surface area contributed by atoms with Gasteiger partial charge in [-0.15, -0.1) is 16.9 Å². The Labute approximate surface area is 199 Å². The Bertz CT molecular complexity index is 1010. The van der Waals surface area contributed by atoms with E-state index in [0.29, 0.717) is 6.04 Å². The molecule has 1 N–H and O–H groups in total. The fourth-order valence-corrected chi connectivity index (χ4v) is 6.23. The van der Waals surface area contributed by atoms with Crippen LogP contribution in [0.1, 0.15) is 45.4 Å². The van der Waals surface area contributed by atoms with E-state index in [1.165, 1.54) is 50.0 Å². The van der Waals surface area contributed by atoms with E-state index in [1.54, 1.807) is 23.1 Å². The van der Waals surface area contributed by atoms with Crippen molar-refractivity contribution in [2.45, 2.75) is 56.4 Å². The molecule has 2 aliphatic rings. The summed E-state index contributed by atoms with van der Waals surface area (Å²) in [5.41, 5.74) is 2.19. The van der Waals surface area contributed by atoms with Gasteiger partial charge in [-0.1, -0.05) is 49.7 Å². The van der Waals surface area contributed by atoms with Crippen molar-refractivity contribution in [3.63, 3.8) is 0 Å². The average molecular weight is 471 g/mol. The first-order valence-corrected chi connectivity index (χ1v) is 14.1. The van der Waals surface area contributed by atoms with Gasteiger partial charge in [-0.2, -0.15) is 4.52 Å². The van der Waals surface area contributed by atoms with Gasteiger partial charge in [0, 0.05) is 42.7 Å². The molecule has 1 saturated carbocycles. The van der Waals surface area contributed by atoms with Crippen LogP contribution in [0.5, 0.6) is 0 Å². The first-order chi connectivity index (χ1) is 15.7. The second kappa shape index (κ2) is 10.0. The van der Waals surface area contributed by atoms with E-state index < -0.39 is 0 Å². The summed E-state index contributed by atoms with van der Waals surface area (Å²) in [7, 11) is 0. The predicted octanol–water partition coefficient (Wildman–Crippen LogP) is 5.46. The van der Waals surface area contributed by atoms with Gasteiger partial charge in [0.05, 0.1) is 0 Å². The number of piperazine rings is 1. The lowest BCUT2D eigenvalue weighted by Gasteiger charge is -2.34. The molecule has 172 valence electrons. The number of hydrogen-bond donors (Lipinski definition) is 1. The van der Waals surface area contributed by atoms with Crippen LogP contribution in [0.3, 0.4) is 0 Å². The van der Waals surface area contributed by atoms with Crippen LogP contribution in [0.25, 0.3) is 16.2 Å². The van der Waals surface area contributed by atoms with Gasteiger partial charge in [0.15, 0.2) is 5.82 Å². The maximum absolute atomic E-state index is 5.08. The van der Waals surface area contributed by atoms with E-state index in [-0.39, 0.29) is 0 Å². The molecule has 3 heterocycles. The van der Waals surface area contributed by atoms with Crippen molar-refractivity contribution in [1.82, 2.24) is 19.5 Å². The number of benzene rings is 1. The number of nitrogens with zero attached hydrogens (tertiary/aromatic N) is 5. The molecular formula is C24H34N6S2. The van der Waals surface area contributed by atoms with Crippen LogP contribution in [-0.4, -0.2) is 64.5 Å². The summed E-state index contributed by atoms with van der Waals surface area (Å²) in [5, 5.41) is 10.0. The van der Waals surface area contributed by atoms with Gasteiger partial charge in [-0.05, 0) is 44.2 Å². The normalized spacial score (nSPS) is 18.5. The summed E-state index contributed by atoms with van der Waals surface area (Å²) in [6.45, 7) is 7.79. The Morgan fingerprint density at radius 1 is 1.06 bits per heavy atom. The van der Waals surface area contributed by atoms with Crippen LogP contribution >= 0.6 is 23.1 Å². The molecule has 2 fully saturated rings. The largest absolute Gasteiger partial charge is 0.365 e. The zero-order chi connectivity index (χ0) is 21.9. The molecule has 3 aromatic rings. The number of nitrogens with one attached hydrogen (secondary N) is 1. The van der Waals surface area contributed by atoms with E-state index >= 15 is 0 Å². The molecule has 2 aromatic heterocycles. The van der Waals surface area contributed by atoms with Crippen LogP contribution in [-0.2, 0) is 0 Å². The third-order valence-corrected chi connectivity index (χ3v) is 8.40. The zero-order valence-electron chi connectivity index (χ0n) is 19.2. The van der Waals surface area contributed by atoms with Gasteiger partial charge in [0.1, 0.15) is 5.69 Å². The van der Waals surface area contributed by atoms with Crippen molar-refractivity contribution in [1.29, 1.82) is 0 Å². The lowest BCUT2D eigenvalue weighted by atomic mass is 9.95. The molecule has 0 bridgehead atoms. The average Bonchev–Trinajstić information content (AvgIpc) is 3.40. The van der Waals surface area contributed by atoms with Crippen LogP contribution in [0.15, 0.2) is 29.2 Å². The Hall–Kier alpha value is -1.77. The molecule has 1 aromatic carbocycles. The molecule has 0 spiro atoms. The second-order valence-corrected chi connectivity index (χ2v) is 10.7. The van der Waals surface area contributed by atoms with Crippen LogP contribution in [0, 0.1) is 0 Å². The molecule has 1 saturated heterocycles. The highest BCUT2D eigenvalue weighted by atomic mass is 32.2. The van der Waals surface area contributed by atoms with Crippen LogP contribution in [0.4, 0.5) is 10.9 Å². The molecule has 0 radical (unpaired) electrons. The Kier molecular flexibility index (Phi) is 6.90.